The molecule has 0 bridgehead atoms. The fourth-order valence-corrected chi connectivity index (χ4v) is 1.61. The van der Waals surface area contributed by atoms with E-state index in [0.29, 0.717) is 12.2 Å². The Balaban J connectivity index is 2.00. The predicted octanol–water partition coefficient (Wildman–Crippen LogP) is -3.23. The topological polar surface area (TPSA) is 86.2 Å². The Bertz CT molecular complexity index is 139. The summed E-state index contributed by atoms with van der Waals surface area (Å²) < 4.78 is 0. The Kier molecular flexibility index (Phi) is 2.03. The van der Waals surface area contributed by atoms with Gasteiger partial charge in [-0.2, -0.15) is 0 Å². The van der Waals surface area contributed by atoms with Crippen LogP contribution < -0.4 is 32.5 Å². The van der Waals surface area contributed by atoms with Crippen LogP contribution in [0, 0.1) is 0 Å². The van der Waals surface area contributed by atoms with Crippen LogP contribution >= 0.6 is 0 Å². The van der Waals surface area contributed by atoms with Gasteiger partial charge in [0.25, 0.3) is 0 Å². The van der Waals surface area contributed by atoms with Gasteiger partial charge in [0.2, 0.25) is 0 Å². The lowest BCUT2D eigenvalue weighted by molar-refractivity contribution is 0.237. The minimum Gasteiger partial charge on any atom is -0.296 e. The Hall–Kier alpha value is -0.240. The minimum absolute atomic E-state index is 0.149. The van der Waals surface area contributed by atoms with Crippen LogP contribution in [0.25, 0.3) is 0 Å². The lowest BCUT2D eigenvalue weighted by Gasteiger charge is -2.34. The lowest BCUT2D eigenvalue weighted by Crippen LogP contribution is -2.69. The highest BCUT2D eigenvalue weighted by molar-refractivity contribution is 4.95. The second kappa shape index (κ2) is 3.02. The number of hydrogen-bond donors (Lipinski definition) is 6. The van der Waals surface area contributed by atoms with Crippen LogP contribution in [0.2, 0.25) is 0 Å². The summed E-state index contributed by atoms with van der Waals surface area (Å²) in [7, 11) is 0. The molecule has 2 heterocycles. The fourth-order valence-electron chi connectivity index (χ4n) is 1.61. The van der Waals surface area contributed by atoms with E-state index in [4.69, 9.17) is 5.84 Å². The van der Waals surface area contributed by atoms with Crippen molar-refractivity contribution < 1.29 is 0 Å². The van der Waals surface area contributed by atoms with Gasteiger partial charge in [-0.3, -0.25) is 27.1 Å². The molecule has 2 aliphatic rings. The Morgan fingerprint density at radius 2 is 1.82 bits per heavy atom. The van der Waals surface area contributed by atoms with Crippen molar-refractivity contribution in [2.24, 2.45) is 5.84 Å². The van der Waals surface area contributed by atoms with Crippen LogP contribution in [0.15, 0.2) is 0 Å². The molecular formula is C5H14N6. The first-order chi connectivity index (χ1) is 5.42. The predicted molar refractivity (Wildman–Crippen MR) is 41.0 cm³/mol. The zero-order chi connectivity index (χ0) is 7.68. The standard InChI is InChI=1S/C5H14N6/c6-11-5-3-4(8-1-7-3)9-2-10-5/h3-5,7-11H,1-2,6H2. The fraction of sp³-hybridized carbons (Fsp3) is 1.00. The molecule has 3 atom stereocenters. The van der Waals surface area contributed by atoms with E-state index in [1.165, 1.54) is 0 Å². The third-order valence-corrected chi connectivity index (χ3v) is 2.20. The van der Waals surface area contributed by atoms with E-state index in [-0.39, 0.29) is 6.17 Å². The number of rotatable bonds is 1. The van der Waals surface area contributed by atoms with Crippen molar-refractivity contribution in [1.29, 1.82) is 0 Å². The van der Waals surface area contributed by atoms with Crippen molar-refractivity contribution in [2.75, 3.05) is 13.3 Å². The molecule has 6 heteroatoms. The van der Waals surface area contributed by atoms with Crippen molar-refractivity contribution in [3.63, 3.8) is 0 Å². The monoisotopic (exact) mass is 158 g/mol. The average Bonchev–Trinajstić information content (AvgIpc) is 2.50. The SMILES string of the molecule is NNC1NCNC2NCNC12. The zero-order valence-corrected chi connectivity index (χ0v) is 6.22. The van der Waals surface area contributed by atoms with E-state index in [2.05, 4.69) is 26.7 Å². The van der Waals surface area contributed by atoms with Crippen LogP contribution in [0.4, 0.5) is 0 Å². The van der Waals surface area contributed by atoms with Gasteiger partial charge in [0.15, 0.2) is 0 Å². The average molecular weight is 158 g/mol. The molecule has 0 aromatic rings. The molecule has 0 radical (unpaired) electrons. The van der Waals surface area contributed by atoms with Crippen molar-refractivity contribution in [3.8, 4) is 0 Å². The molecular weight excluding hydrogens is 144 g/mol. The zero-order valence-electron chi connectivity index (χ0n) is 6.22. The molecule has 11 heavy (non-hydrogen) atoms. The summed E-state index contributed by atoms with van der Waals surface area (Å²) in [6.07, 6.45) is 0.480. The highest BCUT2D eigenvalue weighted by Gasteiger charge is 2.35. The maximum absolute atomic E-state index is 5.35. The molecule has 3 unspecified atom stereocenters. The molecule has 0 aromatic carbocycles. The van der Waals surface area contributed by atoms with Gasteiger partial charge < -0.3 is 0 Å². The third-order valence-electron chi connectivity index (χ3n) is 2.20. The first-order valence-corrected chi connectivity index (χ1v) is 3.81. The molecule has 7 N–H and O–H groups in total. The minimum atomic E-state index is 0.149. The summed E-state index contributed by atoms with van der Waals surface area (Å²) >= 11 is 0. The van der Waals surface area contributed by atoms with E-state index >= 15 is 0 Å². The van der Waals surface area contributed by atoms with Gasteiger partial charge in [0.1, 0.15) is 0 Å². The van der Waals surface area contributed by atoms with Gasteiger partial charge in [-0.25, -0.2) is 5.43 Å². The highest BCUT2D eigenvalue weighted by atomic mass is 15.4. The van der Waals surface area contributed by atoms with Gasteiger partial charge in [0.05, 0.1) is 18.4 Å². The van der Waals surface area contributed by atoms with Crippen LogP contribution in [0.5, 0.6) is 0 Å². The summed E-state index contributed by atoms with van der Waals surface area (Å²) in [6.45, 7) is 1.62. The molecule has 2 fully saturated rings. The maximum atomic E-state index is 5.35. The Morgan fingerprint density at radius 1 is 1.09 bits per heavy atom. The van der Waals surface area contributed by atoms with E-state index in [9.17, 15) is 0 Å². The van der Waals surface area contributed by atoms with Crippen molar-refractivity contribution in [3.05, 3.63) is 0 Å². The van der Waals surface area contributed by atoms with Crippen molar-refractivity contribution in [1.82, 2.24) is 26.7 Å². The normalized spacial score (nSPS) is 43.9. The summed E-state index contributed by atoms with van der Waals surface area (Å²) in [6, 6.07) is 0.328. The van der Waals surface area contributed by atoms with Gasteiger partial charge >= 0.3 is 0 Å². The molecule has 0 aliphatic carbocycles. The summed E-state index contributed by atoms with van der Waals surface area (Å²) in [4.78, 5) is 0. The molecule has 6 nitrogen and oxygen atoms in total. The molecule has 2 aliphatic heterocycles. The first kappa shape index (κ1) is 7.41. The van der Waals surface area contributed by atoms with Gasteiger partial charge in [-0.05, 0) is 0 Å². The van der Waals surface area contributed by atoms with Crippen LogP contribution in [-0.2, 0) is 0 Å². The first-order valence-electron chi connectivity index (χ1n) is 3.81. The van der Waals surface area contributed by atoms with Crippen LogP contribution in [-0.4, -0.2) is 31.7 Å². The van der Waals surface area contributed by atoms with E-state index < -0.39 is 0 Å². The summed E-state index contributed by atoms with van der Waals surface area (Å²) in [5, 5.41) is 13.0. The van der Waals surface area contributed by atoms with Gasteiger partial charge in [-0.15, -0.1) is 0 Å². The van der Waals surface area contributed by atoms with E-state index in [0.717, 1.165) is 13.3 Å². The quantitative estimate of drug-likeness (QED) is 0.178. The number of hydrogen-bond acceptors (Lipinski definition) is 6. The molecule has 0 amide bonds. The van der Waals surface area contributed by atoms with Crippen molar-refractivity contribution >= 4 is 0 Å². The number of fused-ring (bicyclic) bond motifs is 1. The largest absolute Gasteiger partial charge is 0.296 e. The number of nitrogens with two attached hydrogens (primary N) is 1. The van der Waals surface area contributed by atoms with Crippen LogP contribution in [0.3, 0.4) is 0 Å². The summed E-state index contributed by atoms with van der Waals surface area (Å²) in [5.41, 5.74) is 2.72. The Labute approximate surface area is 65.2 Å². The number of hydrazine groups is 1. The number of nitrogens with one attached hydrogen (secondary N) is 5. The molecule has 0 saturated carbocycles. The second-order valence-electron chi connectivity index (χ2n) is 2.82. The molecule has 2 rings (SSSR count). The molecule has 2 saturated heterocycles. The van der Waals surface area contributed by atoms with E-state index in [1.54, 1.807) is 0 Å². The van der Waals surface area contributed by atoms with Gasteiger partial charge in [-0.1, -0.05) is 0 Å². The van der Waals surface area contributed by atoms with Gasteiger partial charge in [0, 0.05) is 13.3 Å². The second-order valence-corrected chi connectivity index (χ2v) is 2.82. The highest BCUT2D eigenvalue weighted by Crippen LogP contribution is 2.02. The van der Waals surface area contributed by atoms with Crippen LogP contribution in [0.1, 0.15) is 0 Å². The lowest BCUT2D eigenvalue weighted by atomic mass is 10.1. The smallest absolute Gasteiger partial charge is 0.0895 e. The maximum Gasteiger partial charge on any atom is 0.0895 e. The van der Waals surface area contributed by atoms with Crippen molar-refractivity contribution in [2.45, 2.75) is 18.4 Å². The molecule has 0 aromatic heterocycles. The molecule has 0 spiro atoms. The third kappa shape index (κ3) is 1.24. The Morgan fingerprint density at radius 3 is 2.55 bits per heavy atom. The molecule has 64 valence electrons. The summed E-state index contributed by atoms with van der Waals surface area (Å²) in [5.74, 6) is 5.35. The van der Waals surface area contributed by atoms with E-state index in [1.807, 2.05) is 0 Å².